The molecule has 7 heteroatoms. The Labute approximate surface area is 155 Å². The van der Waals surface area contributed by atoms with Gasteiger partial charge < -0.3 is 5.73 Å². The number of carbonyl (C=O) groups is 1. The quantitative estimate of drug-likeness (QED) is 0.654. The molecule has 5 nitrogen and oxygen atoms in total. The van der Waals surface area contributed by atoms with E-state index in [1.54, 1.807) is 18.3 Å². The Bertz CT molecular complexity index is 881. The van der Waals surface area contributed by atoms with Crippen molar-refractivity contribution in [1.29, 1.82) is 0 Å². The third-order valence-electron chi connectivity index (χ3n) is 5.36. The zero-order valence-corrected chi connectivity index (χ0v) is 16.0. The first kappa shape index (κ1) is 17.1. The molecule has 1 atom stereocenters. The standard InChI is InChI=1S/C18H23N3O2S2/c1-10(15(19)22)24-18-20-16-14(12-8-4-5-9-13(12)25-16)17(23)21(18)11-6-2-3-7-11/h10-11H,2-9H2,1H3,(H2,19,22)/t10-/m0/s1. The summed E-state index contributed by atoms with van der Waals surface area (Å²) in [6.45, 7) is 1.78. The molecule has 0 radical (unpaired) electrons. The number of thioether (sulfide) groups is 1. The van der Waals surface area contributed by atoms with Gasteiger partial charge in [0.25, 0.3) is 5.56 Å². The van der Waals surface area contributed by atoms with Gasteiger partial charge in [0.15, 0.2) is 5.16 Å². The molecule has 1 amide bonds. The zero-order chi connectivity index (χ0) is 17.6. The molecular weight excluding hydrogens is 354 g/mol. The first-order chi connectivity index (χ1) is 12.1. The topological polar surface area (TPSA) is 78.0 Å². The van der Waals surface area contributed by atoms with Gasteiger partial charge in [0.1, 0.15) is 4.83 Å². The van der Waals surface area contributed by atoms with Crippen LogP contribution in [0.15, 0.2) is 9.95 Å². The summed E-state index contributed by atoms with van der Waals surface area (Å²) in [4.78, 5) is 32.0. The van der Waals surface area contributed by atoms with E-state index >= 15 is 0 Å². The molecule has 1 fully saturated rings. The molecule has 2 aromatic rings. The molecule has 0 unspecified atom stereocenters. The minimum atomic E-state index is -0.397. The number of hydrogen-bond acceptors (Lipinski definition) is 5. The van der Waals surface area contributed by atoms with Gasteiger partial charge in [-0.15, -0.1) is 11.3 Å². The molecule has 4 rings (SSSR count). The number of amides is 1. The molecule has 2 aliphatic rings. The Morgan fingerprint density at radius 3 is 2.72 bits per heavy atom. The van der Waals surface area contributed by atoms with Gasteiger partial charge in [0, 0.05) is 10.9 Å². The smallest absolute Gasteiger partial charge is 0.263 e. The van der Waals surface area contributed by atoms with Crippen molar-refractivity contribution < 1.29 is 4.79 Å². The van der Waals surface area contributed by atoms with Crippen molar-refractivity contribution in [3.8, 4) is 0 Å². The van der Waals surface area contributed by atoms with E-state index in [2.05, 4.69) is 0 Å². The molecular formula is C18H23N3O2S2. The van der Waals surface area contributed by atoms with Crippen LogP contribution >= 0.6 is 23.1 Å². The van der Waals surface area contributed by atoms with Crippen molar-refractivity contribution in [3.63, 3.8) is 0 Å². The van der Waals surface area contributed by atoms with Crippen LogP contribution in [-0.2, 0) is 17.6 Å². The van der Waals surface area contributed by atoms with Gasteiger partial charge in [0.2, 0.25) is 5.91 Å². The van der Waals surface area contributed by atoms with Gasteiger partial charge in [0.05, 0.1) is 10.6 Å². The average molecular weight is 378 g/mol. The summed E-state index contributed by atoms with van der Waals surface area (Å²) in [5.74, 6) is -0.372. The fourth-order valence-electron chi connectivity index (χ4n) is 3.98. The summed E-state index contributed by atoms with van der Waals surface area (Å²) < 4.78 is 1.88. The van der Waals surface area contributed by atoms with Crippen LogP contribution in [0.4, 0.5) is 0 Å². The monoisotopic (exact) mass is 377 g/mol. The second-order valence-corrected chi connectivity index (χ2v) is 9.45. The van der Waals surface area contributed by atoms with Crippen LogP contribution in [0.25, 0.3) is 10.2 Å². The molecule has 1 saturated carbocycles. The molecule has 134 valence electrons. The maximum atomic E-state index is 13.4. The number of primary amides is 1. The lowest BCUT2D eigenvalue weighted by Gasteiger charge is -2.19. The summed E-state index contributed by atoms with van der Waals surface area (Å²) in [5.41, 5.74) is 6.77. The lowest BCUT2D eigenvalue weighted by Crippen LogP contribution is -2.29. The molecule has 2 heterocycles. The Kier molecular flexibility index (Phi) is 4.62. The van der Waals surface area contributed by atoms with Crippen LogP contribution in [0, 0.1) is 0 Å². The van der Waals surface area contributed by atoms with Crippen molar-refractivity contribution in [3.05, 3.63) is 20.8 Å². The van der Waals surface area contributed by atoms with Gasteiger partial charge in [-0.2, -0.15) is 0 Å². The van der Waals surface area contributed by atoms with Crippen molar-refractivity contribution in [2.75, 3.05) is 0 Å². The number of aromatic nitrogens is 2. The highest BCUT2D eigenvalue weighted by atomic mass is 32.2. The fourth-order valence-corrected chi connectivity index (χ4v) is 6.21. The van der Waals surface area contributed by atoms with E-state index in [0.717, 1.165) is 55.2 Å². The van der Waals surface area contributed by atoms with E-state index in [4.69, 9.17) is 10.7 Å². The van der Waals surface area contributed by atoms with Crippen LogP contribution in [0.3, 0.4) is 0 Å². The van der Waals surface area contributed by atoms with E-state index in [-0.39, 0.29) is 17.5 Å². The van der Waals surface area contributed by atoms with Crippen LogP contribution in [0.1, 0.15) is 61.9 Å². The number of aryl methyl sites for hydroxylation is 2. The highest BCUT2D eigenvalue weighted by Gasteiger charge is 2.28. The third kappa shape index (κ3) is 3.01. The lowest BCUT2D eigenvalue weighted by atomic mass is 9.97. The molecule has 0 bridgehead atoms. The number of rotatable bonds is 4. The maximum absolute atomic E-state index is 13.4. The highest BCUT2D eigenvalue weighted by molar-refractivity contribution is 8.00. The van der Waals surface area contributed by atoms with Crippen molar-refractivity contribution in [1.82, 2.24) is 9.55 Å². The van der Waals surface area contributed by atoms with Gasteiger partial charge in [-0.05, 0) is 51.0 Å². The highest BCUT2D eigenvalue weighted by Crippen LogP contribution is 2.37. The minimum Gasteiger partial charge on any atom is -0.369 e. The Balaban J connectivity index is 1.91. The summed E-state index contributed by atoms with van der Waals surface area (Å²) >= 11 is 2.98. The van der Waals surface area contributed by atoms with E-state index in [1.807, 2.05) is 4.57 Å². The van der Waals surface area contributed by atoms with E-state index in [0.29, 0.717) is 5.16 Å². The summed E-state index contributed by atoms with van der Waals surface area (Å²) in [7, 11) is 0. The minimum absolute atomic E-state index is 0.0930. The molecule has 2 aliphatic carbocycles. The summed E-state index contributed by atoms with van der Waals surface area (Å²) in [6.07, 6.45) is 8.70. The molecule has 2 aromatic heterocycles. The lowest BCUT2D eigenvalue weighted by molar-refractivity contribution is -0.117. The van der Waals surface area contributed by atoms with Crippen LogP contribution in [-0.4, -0.2) is 20.7 Å². The predicted molar refractivity (Wildman–Crippen MR) is 103 cm³/mol. The van der Waals surface area contributed by atoms with Crippen molar-refractivity contribution in [2.45, 2.75) is 74.7 Å². The van der Waals surface area contributed by atoms with Crippen molar-refractivity contribution >= 4 is 39.2 Å². The van der Waals surface area contributed by atoms with Gasteiger partial charge in [-0.25, -0.2) is 4.98 Å². The van der Waals surface area contributed by atoms with E-state index in [1.165, 1.54) is 28.6 Å². The van der Waals surface area contributed by atoms with E-state index in [9.17, 15) is 9.59 Å². The fraction of sp³-hybridized carbons (Fsp3) is 0.611. The average Bonchev–Trinajstić information content (AvgIpc) is 3.21. The molecule has 0 aliphatic heterocycles. The molecule has 25 heavy (non-hydrogen) atoms. The second-order valence-electron chi connectivity index (χ2n) is 7.06. The third-order valence-corrected chi connectivity index (χ3v) is 7.63. The van der Waals surface area contributed by atoms with Crippen molar-refractivity contribution in [2.24, 2.45) is 5.73 Å². The number of thiophene rings is 1. The Morgan fingerprint density at radius 1 is 1.28 bits per heavy atom. The van der Waals surface area contributed by atoms with Crippen LogP contribution in [0.5, 0.6) is 0 Å². The SMILES string of the molecule is C[C@H](Sc1nc2sc3c(c2c(=O)n1C1CCCC1)CCCC3)C(N)=O. The summed E-state index contributed by atoms with van der Waals surface area (Å²) in [6, 6.07) is 0.200. The largest absolute Gasteiger partial charge is 0.369 e. The molecule has 0 saturated heterocycles. The first-order valence-electron chi connectivity index (χ1n) is 9.09. The number of fused-ring (bicyclic) bond motifs is 3. The number of carbonyl (C=O) groups excluding carboxylic acids is 1. The second kappa shape index (κ2) is 6.76. The number of hydrogen-bond donors (Lipinski definition) is 1. The summed E-state index contributed by atoms with van der Waals surface area (Å²) in [5, 5.41) is 1.10. The normalized spacial score (nSPS) is 19.2. The van der Waals surface area contributed by atoms with Crippen LogP contribution in [0.2, 0.25) is 0 Å². The molecule has 2 N–H and O–H groups in total. The van der Waals surface area contributed by atoms with Gasteiger partial charge >= 0.3 is 0 Å². The number of nitrogens with two attached hydrogens (primary N) is 1. The molecule has 0 aromatic carbocycles. The maximum Gasteiger partial charge on any atom is 0.263 e. The Hall–Kier alpha value is -1.34. The van der Waals surface area contributed by atoms with E-state index < -0.39 is 5.25 Å². The van der Waals surface area contributed by atoms with Gasteiger partial charge in [-0.1, -0.05) is 24.6 Å². The molecule has 0 spiro atoms. The van der Waals surface area contributed by atoms with Gasteiger partial charge in [-0.3, -0.25) is 14.2 Å². The Morgan fingerprint density at radius 2 is 2.00 bits per heavy atom. The van der Waals surface area contributed by atoms with Crippen LogP contribution < -0.4 is 11.3 Å². The number of nitrogens with zero attached hydrogens (tertiary/aromatic N) is 2. The first-order valence-corrected chi connectivity index (χ1v) is 10.8. The predicted octanol–water partition coefficient (Wildman–Crippen LogP) is 3.42. The zero-order valence-electron chi connectivity index (χ0n) is 14.4.